The number of rotatable bonds is 6. The van der Waals surface area contributed by atoms with Gasteiger partial charge in [-0.25, -0.2) is 0 Å². The SMILES string of the molecule is COCCCN1CCN(CCC#N)CC1. The van der Waals surface area contributed by atoms with Crippen molar-refractivity contribution in [3.05, 3.63) is 0 Å². The van der Waals surface area contributed by atoms with Gasteiger partial charge in [0.25, 0.3) is 0 Å². The Balaban J connectivity index is 2.05. The molecule has 15 heavy (non-hydrogen) atoms. The van der Waals surface area contributed by atoms with E-state index in [2.05, 4.69) is 15.9 Å². The molecule has 0 aromatic rings. The molecule has 0 N–H and O–H groups in total. The molecule has 0 amide bonds. The van der Waals surface area contributed by atoms with E-state index in [9.17, 15) is 0 Å². The highest BCUT2D eigenvalue weighted by molar-refractivity contribution is 4.76. The fraction of sp³-hybridized carbons (Fsp3) is 0.909. The minimum atomic E-state index is 0.656. The number of nitrogens with zero attached hydrogens (tertiary/aromatic N) is 3. The van der Waals surface area contributed by atoms with E-state index in [1.54, 1.807) is 7.11 Å². The van der Waals surface area contributed by atoms with Crippen LogP contribution in [0, 0.1) is 11.3 Å². The van der Waals surface area contributed by atoms with Crippen LogP contribution in [0.15, 0.2) is 0 Å². The van der Waals surface area contributed by atoms with E-state index in [0.717, 1.165) is 52.3 Å². The molecule has 0 bridgehead atoms. The van der Waals surface area contributed by atoms with Gasteiger partial charge in [0.05, 0.1) is 6.07 Å². The lowest BCUT2D eigenvalue weighted by atomic mass is 10.3. The Labute approximate surface area is 92.4 Å². The monoisotopic (exact) mass is 211 g/mol. The predicted molar refractivity (Wildman–Crippen MR) is 59.6 cm³/mol. The Kier molecular flexibility index (Phi) is 6.33. The third-order valence-electron chi connectivity index (χ3n) is 2.83. The summed E-state index contributed by atoms with van der Waals surface area (Å²) in [5.74, 6) is 0. The molecule has 0 saturated carbocycles. The zero-order valence-electron chi connectivity index (χ0n) is 9.61. The third-order valence-corrected chi connectivity index (χ3v) is 2.83. The normalized spacial score (nSPS) is 18.9. The summed E-state index contributed by atoms with van der Waals surface area (Å²) in [4.78, 5) is 4.85. The number of methoxy groups -OCH3 is 1. The molecule has 1 saturated heterocycles. The molecule has 0 radical (unpaired) electrons. The van der Waals surface area contributed by atoms with Gasteiger partial charge in [-0.05, 0) is 6.42 Å². The average molecular weight is 211 g/mol. The molecule has 4 heteroatoms. The highest BCUT2D eigenvalue weighted by Crippen LogP contribution is 2.02. The van der Waals surface area contributed by atoms with Gasteiger partial charge >= 0.3 is 0 Å². The van der Waals surface area contributed by atoms with Crippen LogP contribution in [0.2, 0.25) is 0 Å². The largest absolute Gasteiger partial charge is 0.385 e. The Morgan fingerprint density at radius 1 is 1.13 bits per heavy atom. The lowest BCUT2D eigenvalue weighted by molar-refractivity contribution is 0.118. The fourth-order valence-corrected chi connectivity index (χ4v) is 1.88. The van der Waals surface area contributed by atoms with Crippen molar-refractivity contribution in [1.29, 1.82) is 5.26 Å². The first-order valence-electron chi connectivity index (χ1n) is 5.67. The van der Waals surface area contributed by atoms with Gasteiger partial charge in [0.1, 0.15) is 0 Å². The topological polar surface area (TPSA) is 39.5 Å². The van der Waals surface area contributed by atoms with Crippen molar-refractivity contribution in [2.24, 2.45) is 0 Å². The Hall–Kier alpha value is -0.630. The smallest absolute Gasteiger partial charge is 0.0635 e. The van der Waals surface area contributed by atoms with Gasteiger partial charge in [0, 0.05) is 59.4 Å². The van der Waals surface area contributed by atoms with Crippen LogP contribution < -0.4 is 0 Å². The number of hydrogen-bond donors (Lipinski definition) is 0. The van der Waals surface area contributed by atoms with Crippen LogP contribution in [0.3, 0.4) is 0 Å². The molecule has 1 fully saturated rings. The molecule has 0 atom stereocenters. The minimum absolute atomic E-state index is 0.656. The minimum Gasteiger partial charge on any atom is -0.385 e. The van der Waals surface area contributed by atoms with Crippen LogP contribution in [0.25, 0.3) is 0 Å². The van der Waals surface area contributed by atoms with Crippen LogP contribution in [-0.4, -0.2) is 62.8 Å². The van der Waals surface area contributed by atoms with E-state index in [0.29, 0.717) is 6.42 Å². The number of nitriles is 1. The van der Waals surface area contributed by atoms with Gasteiger partial charge in [0.15, 0.2) is 0 Å². The van der Waals surface area contributed by atoms with Crippen LogP contribution in [0.5, 0.6) is 0 Å². The molecule has 0 aliphatic carbocycles. The van der Waals surface area contributed by atoms with Crippen molar-refractivity contribution in [2.45, 2.75) is 12.8 Å². The lowest BCUT2D eigenvalue weighted by Gasteiger charge is -2.34. The summed E-state index contributed by atoms with van der Waals surface area (Å²) in [6.07, 6.45) is 1.78. The highest BCUT2D eigenvalue weighted by Gasteiger charge is 2.15. The fourth-order valence-electron chi connectivity index (χ4n) is 1.88. The molecule has 0 unspecified atom stereocenters. The van der Waals surface area contributed by atoms with E-state index >= 15 is 0 Å². The Morgan fingerprint density at radius 3 is 2.27 bits per heavy atom. The Morgan fingerprint density at radius 2 is 1.73 bits per heavy atom. The van der Waals surface area contributed by atoms with Gasteiger partial charge < -0.3 is 9.64 Å². The second-order valence-electron chi connectivity index (χ2n) is 3.94. The van der Waals surface area contributed by atoms with E-state index in [1.807, 2.05) is 0 Å². The molecular formula is C11H21N3O. The van der Waals surface area contributed by atoms with Crippen molar-refractivity contribution in [1.82, 2.24) is 9.80 Å². The van der Waals surface area contributed by atoms with E-state index in [1.165, 1.54) is 0 Å². The van der Waals surface area contributed by atoms with E-state index < -0.39 is 0 Å². The van der Waals surface area contributed by atoms with Crippen LogP contribution in [0.1, 0.15) is 12.8 Å². The van der Waals surface area contributed by atoms with Crippen molar-refractivity contribution >= 4 is 0 Å². The molecular weight excluding hydrogens is 190 g/mol. The summed E-state index contributed by atoms with van der Waals surface area (Å²) in [5.41, 5.74) is 0. The van der Waals surface area contributed by atoms with Crippen molar-refractivity contribution in [2.75, 3.05) is 53.0 Å². The summed E-state index contributed by atoms with van der Waals surface area (Å²) in [6, 6.07) is 2.20. The second-order valence-corrected chi connectivity index (χ2v) is 3.94. The first-order chi connectivity index (χ1) is 7.36. The van der Waals surface area contributed by atoms with E-state index in [4.69, 9.17) is 10.00 Å². The van der Waals surface area contributed by atoms with Gasteiger partial charge in [-0.15, -0.1) is 0 Å². The zero-order chi connectivity index (χ0) is 10.9. The number of hydrogen-bond acceptors (Lipinski definition) is 4. The summed E-state index contributed by atoms with van der Waals surface area (Å²) >= 11 is 0. The molecule has 1 rings (SSSR count). The molecule has 1 aliphatic heterocycles. The van der Waals surface area contributed by atoms with Gasteiger partial charge in [0.2, 0.25) is 0 Å². The van der Waals surface area contributed by atoms with E-state index in [-0.39, 0.29) is 0 Å². The van der Waals surface area contributed by atoms with Crippen LogP contribution in [0.4, 0.5) is 0 Å². The third kappa shape index (κ3) is 5.12. The first kappa shape index (κ1) is 12.4. The zero-order valence-corrected chi connectivity index (χ0v) is 9.61. The van der Waals surface area contributed by atoms with Gasteiger partial charge in [-0.1, -0.05) is 0 Å². The highest BCUT2D eigenvalue weighted by atomic mass is 16.5. The first-order valence-corrected chi connectivity index (χ1v) is 5.67. The van der Waals surface area contributed by atoms with Crippen LogP contribution in [-0.2, 0) is 4.74 Å². The second kappa shape index (κ2) is 7.63. The maximum atomic E-state index is 8.49. The maximum absolute atomic E-state index is 8.49. The molecule has 1 heterocycles. The van der Waals surface area contributed by atoms with Crippen molar-refractivity contribution < 1.29 is 4.74 Å². The standard InChI is InChI=1S/C11H21N3O/c1-15-11-3-6-14-9-7-13(8-10-14)5-2-4-12/h2-3,5-11H2,1H3. The molecule has 1 aliphatic rings. The molecule has 0 aromatic carbocycles. The lowest BCUT2D eigenvalue weighted by Crippen LogP contribution is -2.46. The molecule has 0 aromatic heterocycles. The number of ether oxygens (including phenoxy) is 1. The summed E-state index contributed by atoms with van der Waals surface area (Å²) in [5, 5.41) is 8.49. The molecule has 4 nitrogen and oxygen atoms in total. The average Bonchev–Trinajstić information content (AvgIpc) is 2.28. The summed E-state index contributed by atoms with van der Waals surface area (Å²) in [6.45, 7) is 7.41. The van der Waals surface area contributed by atoms with Gasteiger partial charge in [-0.2, -0.15) is 5.26 Å². The molecule has 0 spiro atoms. The van der Waals surface area contributed by atoms with Crippen molar-refractivity contribution in [3.63, 3.8) is 0 Å². The quantitative estimate of drug-likeness (QED) is 0.602. The van der Waals surface area contributed by atoms with Crippen LogP contribution >= 0.6 is 0 Å². The summed E-state index contributed by atoms with van der Waals surface area (Å²) in [7, 11) is 1.75. The Bertz CT molecular complexity index is 194. The summed E-state index contributed by atoms with van der Waals surface area (Å²) < 4.78 is 5.03. The van der Waals surface area contributed by atoms with Gasteiger partial charge in [-0.3, -0.25) is 4.90 Å². The number of piperazine rings is 1. The predicted octanol–water partition coefficient (Wildman–Crippen LogP) is 0.554. The molecule has 86 valence electrons. The maximum Gasteiger partial charge on any atom is 0.0635 e. The van der Waals surface area contributed by atoms with Crippen molar-refractivity contribution in [3.8, 4) is 6.07 Å².